The summed E-state index contributed by atoms with van der Waals surface area (Å²) in [6.45, 7) is 14.5. The molecule has 5 rings (SSSR count). The third-order valence-electron chi connectivity index (χ3n) is 9.32. The molecule has 0 aliphatic heterocycles. The molecular weight excluding hydrogens is 801 g/mol. The average Bonchev–Trinajstić information content (AvgIpc) is 3.45. The van der Waals surface area contributed by atoms with Crippen molar-refractivity contribution in [3.63, 3.8) is 0 Å². The van der Waals surface area contributed by atoms with Crippen LogP contribution in [0.25, 0.3) is 42.2 Å². The summed E-state index contributed by atoms with van der Waals surface area (Å²) in [5, 5.41) is 14.4. The van der Waals surface area contributed by atoms with Gasteiger partial charge in [0, 0.05) is 71.1 Å². The van der Waals surface area contributed by atoms with Crippen LogP contribution in [0.2, 0.25) is 0 Å². The summed E-state index contributed by atoms with van der Waals surface area (Å²) in [5.74, 6) is 0.931. The summed E-state index contributed by atoms with van der Waals surface area (Å²) in [7, 11) is 0. The SMILES string of the molecule is CCC(CC)C(=O)/C=C(\O)C(CC)CC.Cc1c(CCC(F)F)ccc2c1sc1c(-c3[c-]c4ccccc4c(C(C)C)c3)nccc12.[Ir]. The largest absolute Gasteiger partial charge is 0.512 e. The van der Waals surface area contributed by atoms with E-state index in [1.165, 1.54) is 17.0 Å². The van der Waals surface area contributed by atoms with Crippen LogP contribution in [-0.2, 0) is 31.3 Å². The van der Waals surface area contributed by atoms with E-state index >= 15 is 0 Å². The number of rotatable bonds is 12. The van der Waals surface area contributed by atoms with Crippen LogP contribution in [0, 0.1) is 24.8 Å². The molecule has 3 aromatic carbocycles. The molecule has 0 atom stereocenters. The topological polar surface area (TPSA) is 50.2 Å². The molecule has 259 valence electrons. The molecule has 7 heteroatoms. The summed E-state index contributed by atoms with van der Waals surface area (Å²) < 4.78 is 27.8. The second kappa shape index (κ2) is 18.1. The average molecular weight is 849 g/mol. The molecule has 0 saturated heterocycles. The Balaban J connectivity index is 0.000000334. The van der Waals surface area contributed by atoms with Gasteiger partial charge in [-0.2, -0.15) is 0 Å². The third kappa shape index (κ3) is 8.97. The summed E-state index contributed by atoms with van der Waals surface area (Å²) in [6.07, 6.45) is 4.79. The van der Waals surface area contributed by atoms with Crippen molar-refractivity contribution in [1.29, 1.82) is 0 Å². The van der Waals surface area contributed by atoms with Gasteiger partial charge in [-0.15, -0.1) is 40.5 Å². The van der Waals surface area contributed by atoms with Crippen LogP contribution < -0.4 is 0 Å². The molecule has 0 aliphatic rings. The Hall–Kier alpha value is -2.99. The maximum absolute atomic E-state index is 12.8. The summed E-state index contributed by atoms with van der Waals surface area (Å²) >= 11 is 1.71. The fourth-order valence-corrected chi connectivity index (χ4v) is 7.64. The molecule has 0 unspecified atom stereocenters. The quantitative estimate of drug-likeness (QED) is 0.0773. The Morgan fingerprint density at radius 2 is 1.56 bits per heavy atom. The van der Waals surface area contributed by atoms with Crippen molar-refractivity contribution in [2.24, 2.45) is 11.8 Å². The normalized spacial score (nSPS) is 12.0. The molecule has 0 amide bonds. The summed E-state index contributed by atoms with van der Waals surface area (Å²) in [6, 6.07) is 20.3. The number of ketones is 1. The molecule has 0 bridgehead atoms. The van der Waals surface area contributed by atoms with Gasteiger partial charge in [0.15, 0.2) is 5.78 Å². The molecule has 2 heterocycles. The first kappa shape index (κ1) is 39.4. The molecule has 48 heavy (non-hydrogen) atoms. The molecule has 1 radical (unpaired) electrons. The number of carbonyl (C=O) groups is 1. The van der Waals surface area contributed by atoms with Gasteiger partial charge in [0.1, 0.15) is 0 Å². The van der Waals surface area contributed by atoms with Crippen LogP contribution in [0.15, 0.2) is 66.6 Å². The summed E-state index contributed by atoms with van der Waals surface area (Å²) in [5.41, 5.74) is 5.32. The van der Waals surface area contributed by atoms with Crippen molar-refractivity contribution in [2.45, 2.75) is 99.3 Å². The third-order valence-corrected chi connectivity index (χ3v) is 10.7. The van der Waals surface area contributed by atoms with E-state index in [2.05, 4.69) is 56.3 Å². The first-order valence-corrected chi connectivity index (χ1v) is 17.8. The predicted molar refractivity (Wildman–Crippen MR) is 196 cm³/mol. The predicted octanol–water partition coefficient (Wildman–Crippen LogP) is 12.6. The van der Waals surface area contributed by atoms with E-state index in [4.69, 9.17) is 4.98 Å². The number of hydrogen-bond acceptors (Lipinski definition) is 4. The summed E-state index contributed by atoms with van der Waals surface area (Å²) in [4.78, 5) is 16.5. The number of pyridine rings is 1. The van der Waals surface area contributed by atoms with Crippen LogP contribution in [-0.4, -0.2) is 22.3 Å². The van der Waals surface area contributed by atoms with Crippen LogP contribution in [0.3, 0.4) is 0 Å². The number of aromatic nitrogens is 1. The molecule has 2 aromatic heterocycles. The van der Waals surface area contributed by atoms with Crippen LogP contribution in [0.1, 0.15) is 96.3 Å². The standard InChI is InChI=1S/C28H24F2NS.C13H24O2.Ir/c1-16(2)24-15-20(14-19-6-4-5-7-21(19)24)26-28-23(12-13-31-26)22-10-8-18(9-11-25(29)30)17(3)27(22)32-28;1-5-10(6-2)12(14)9-13(15)11(7-3)8-4;/h4-8,10,12-13,15-16,25H,9,11H2,1-3H3;9-11,14H,5-8H2,1-4H3;/q-1;;/b;12-9-;. The van der Waals surface area contributed by atoms with Gasteiger partial charge in [-0.3, -0.25) is 9.78 Å². The van der Waals surface area contributed by atoms with Crippen molar-refractivity contribution in [2.75, 3.05) is 0 Å². The first-order chi connectivity index (χ1) is 22.5. The van der Waals surface area contributed by atoms with Gasteiger partial charge in [0.05, 0.1) is 5.76 Å². The van der Waals surface area contributed by atoms with Crippen LogP contribution in [0.5, 0.6) is 0 Å². The fourth-order valence-electron chi connectivity index (χ4n) is 6.31. The molecular formula is C41H48F2IrNO2S-. The zero-order valence-electron chi connectivity index (χ0n) is 29.1. The van der Waals surface area contributed by atoms with Crippen molar-refractivity contribution >= 4 is 48.1 Å². The number of carbonyl (C=O) groups excluding carboxylic acids is 1. The monoisotopic (exact) mass is 849 g/mol. The Morgan fingerprint density at radius 1 is 0.917 bits per heavy atom. The molecule has 0 fully saturated rings. The van der Waals surface area contributed by atoms with E-state index in [9.17, 15) is 18.7 Å². The number of fused-ring (bicyclic) bond motifs is 4. The number of thiophene rings is 1. The number of allylic oxidation sites excluding steroid dienone is 2. The minimum absolute atomic E-state index is 0. The number of halogens is 2. The second-order valence-corrected chi connectivity index (χ2v) is 13.7. The van der Waals surface area contributed by atoms with Crippen molar-refractivity contribution in [3.8, 4) is 11.3 Å². The van der Waals surface area contributed by atoms with Crippen LogP contribution >= 0.6 is 11.3 Å². The molecule has 3 nitrogen and oxygen atoms in total. The van der Waals surface area contributed by atoms with Gasteiger partial charge in [0.25, 0.3) is 0 Å². The van der Waals surface area contributed by atoms with E-state index in [0.717, 1.165) is 73.6 Å². The Labute approximate surface area is 302 Å². The number of alkyl halides is 2. The number of aryl methyl sites for hydroxylation is 2. The Bertz CT molecular complexity index is 1850. The number of benzene rings is 3. The molecule has 0 aliphatic carbocycles. The number of aliphatic hydroxyl groups is 1. The number of aliphatic hydroxyl groups excluding tert-OH is 1. The Morgan fingerprint density at radius 3 is 2.19 bits per heavy atom. The molecule has 5 aromatic rings. The molecule has 0 spiro atoms. The molecule has 1 N–H and O–H groups in total. The van der Waals surface area contributed by atoms with Gasteiger partial charge in [-0.25, -0.2) is 8.78 Å². The van der Waals surface area contributed by atoms with Gasteiger partial charge in [0.2, 0.25) is 6.43 Å². The minimum atomic E-state index is -2.28. The van der Waals surface area contributed by atoms with E-state index in [1.54, 1.807) is 11.3 Å². The molecule has 0 saturated carbocycles. The second-order valence-electron chi connectivity index (χ2n) is 12.6. The van der Waals surface area contributed by atoms with Gasteiger partial charge in [-0.1, -0.05) is 82.8 Å². The Kier molecular flexibility index (Phi) is 14.9. The zero-order valence-corrected chi connectivity index (χ0v) is 32.3. The first-order valence-electron chi connectivity index (χ1n) is 17.0. The van der Waals surface area contributed by atoms with Gasteiger partial charge < -0.3 is 5.11 Å². The van der Waals surface area contributed by atoms with Crippen molar-refractivity contribution in [3.05, 3.63) is 89.3 Å². The minimum Gasteiger partial charge on any atom is -0.512 e. The van der Waals surface area contributed by atoms with Crippen molar-refractivity contribution < 1.29 is 38.8 Å². The van der Waals surface area contributed by atoms with E-state index in [0.29, 0.717) is 12.3 Å². The maximum atomic E-state index is 12.8. The maximum Gasteiger partial charge on any atom is 0.239 e. The van der Waals surface area contributed by atoms with Crippen molar-refractivity contribution in [1.82, 2.24) is 4.98 Å². The number of nitrogens with zero attached hydrogens (tertiary/aromatic N) is 1. The van der Waals surface area contributed by atoms with E-state index in [1.807, 2.05) is 52.9 Å². The zero-order chi connectivity index (χ0) is 34.2. The van der Waals surface area contributed by atoms with Gasteiger partial charge in [-0.05, 0) is 67.5 Å². The van der Waals surface area contributed by atoms with Gasteiger partial charge >= 0.3 is 0 Å². The fraction of sp³-hybridized carbons (Fsp3) is 0.415. The van der Waals surface area contributed by atoms with Crippen LogP contribution in [0.4, 0.5) is 8.78 Å². The smallest absolute Gasteiger partial charge is 0.239 e. The number of hydrogen-bond donors (Lipinski definition) is 1. The van der Waals surface area contributed by atoms with E-state index in [-0.39, 0.29) is 49.9 Å². The van der Waals surface area contributed by atoms with E-state index < -0.39 is 6.43 Å².